The highest BCUT2D eigenvalue weighted by Crippen LogP contribution is 2.28. The first-order valence-corrected chi connectivity index (χ1v) is 6.96. The summed E-state index contributed by atoms with van der Waals surface area (Å²) in [5.41, 5.74) is 0.706. The summed E-state index contributed by atoms with van der Waals surface area (Å²) >= 11 is 6.09. The Balaban J connectivity index is 2.03. The summed E-state index contributed by atoms with van der Waals surface area (Å²) in [7, 11) is 0. The molecule has 5 heteroatoms. The van der Waals surface area contributed by atoms with E-state index in [1.165, 1.54) is 0 Å². The first-order chi connectivity index (χ1) is 9.11. The van der Waals surface area contributed by atoms with Crippen molar-refractivity contribution in [1.82, 2.24) is 5.32 Å². The van der Waals surface area contributed by atoms with Gasteiger partial charge >= 0.3 is 0 Å². The zero-order valence-electron chi connectivity index (χ0n) is 11.2. The van der Waals surface area contributed by atoms with Gasteiger partial charge in [0.05, 0.1) is 17.5 Å². The molecular formula is C14H19ClN2O2. The van der Waals surface area contributed by atoms with Gasteiger partial charge in [-0.3, -0.25) is 4.79 Å². The van der Waals surface area contributed by atoms with Gasteiger partial charge in [0, 0.05) is 11.7 Å². The molecule has 1 aliphatic rings. The van der Waals surface area contributed by atoms with E-state index in [9.17, 15) is 4.79 Å². The molecule has 104 valence electrons. The van der Waals surface area contributed by atoms with Gasteiger partial charge in [0.15, 0.2) is 0 Å². The molecule has 19 heavy (non-hydrogen) atoms. The molecule has 2 rings (SSSR count). The topological polar surface area (TPSA) is 50.4 Å². The van der Waals surface area contributed by atoms with Crippen LogP contribution in [-0.2, 0) is 4.79 Å². The number of ether oxygens (including phenoxy) is 1. The Morgan fingerprint density at radius 2 is 2.37 bits per heavy atom. The maximum Gasteiger partial charge on any atom is 0.229 e. The van der Waals surface area contributed by atoms with Gasteiger partial charge in [0.2, 0.25) is 5.91 Å². The zero-order chi connectivity index (χ0) is 13.8. The first-order valence-electron chi connectivity index (χ1n) is 6.58. The lowest BCUT2D eigenvalue weighted by molar-refractivity contribution is -0.119. The highest BCUT2D eigenvalue weighted by atomic mass is 35.5. The highest BCUT2D eigenvalue weighted by molar-refractivity contribution is 6.32. The predicted octanol–water partition coefficient (Wildman–Crippen LogP) is 2.68. The molecule has 2 atom stereocenters. The molecule has 0 radical (unpaired) electrons. The molecule has 2 unspecified atom stereocenters. The number of carbonyl (C=O) groups excluding carboxylic acids is 1. The number of carbonyl (C=O) groups is 1. The molecule has 0 aliphatic carbocycles. The minimum absolute atomic E-state index is 0.0188. The van der Waals surface area contributed by atoms with Crippen LogP contribution in [0.1, 0.15) is 20.3 Å². The molecule has 1 aromatic rings. The van der Waals surface area contributed by atoms with E-state index < -0.39 is 0 Å². The van der Waals surface area contributed by atoms with Crippen LogP contribution in [-0.4, -0.2) is 25.1 Å². The third-order valence-electron chi connectivity index (χ3n) is 3.36. The monoisotopic (exact) mass is 282 g/mol. The van der Waals surface area contributed by atoms with Crippen molar-refractivity contribution < 1.29 is 9.53 Å². The van der Waals surface area contributed by atoms with Gasteiger partial charge in [-0.05, 0) is 45.0 Å². The largest absolute Gasteiger partial charge is 0.492 e. The maximum atomic E-state index is 12.1. The van der Waals surface area contributed by atoms with Crippen LogP contribution in [0.2, 0.25) is 5.02 Å². The third kappa shape index (κ3) is 3.39. The minimum atomic E-state index is 0.0188. The molecule has 1 fully saturated rings. The Labute approximate surface area is 118 Å². The lowest BCUT2D eigenvalue weighted by Gasteiger charge is -2.15. The molecule has 2 N–H and O–H groups in total. The van der Waals surface area contributed by atoms with E-state index in [0.29, 0.717) is 23.1 Å². The van der Waals surface area contributed by atoms with Crippen molar-refractivity contribution in [2.75, 3.05) is 18.5 Å². The quantitative estimate of drug-likeness (QED) is 0.893. The van der Waals surface area contributed by atoms with Crippen LogP contribution in [0.5, 0.6) is 5.75 Å². The van der Waals surface area contributed by atoms with Gasteiger partial charge < -0.3 is 15.4 Å². The van der Waals surface area contributed by atoms with Crippen LogP contribution in [0, 0.1) is 5.92 Å². The lowest BCUT2D eigenvalue weighted by Crippen LogP contribution is -2.32. The van der Waals surface area contributed by atoms with E-state index in [2.05, 4.69) is 10.6 Å². The van der Waals surface area contributed by atoms with Crippen LogP contribution in [0.4, 0.5) is 5.69 Å². The van der Waals surface area contributed by atoms with Crippen molar-refractivity contribution in [1.29, 1.82) is 0 Å². The Kier molecular flexibility index (Phi) is 4.66. The third-order valence-corrected chi connectivity index (χ3v) is 3.66. The van der Waals surface area contributed by atoms with Gasteiger partial charge in [-0.25, -0.2) is 0 Å². The van der Waals surface area contributed by atoms with Crippen molar-refractivity contribution in [3.63, 3.8) is 0 Å². The molecule has 0 aromatic heterocycles. The fourth-order valence-corrected chi connectivity index (χ4v) is 2.54. The van der Waals surface area contributed by atoms with Crippen molar-refractivity contribution in [3.05, 3.63) is 23.2 Å². The van der Waals surface area contributed by atoms with E-state index >= 15 is 0 Å². The van der Waals surface area contributed by atoms with Crippen LogP contribution < -0.4 is 15.4 Å². The summed E-state index contributed by atoms with van der Waals surface area (Å²) in [6.45, 7) is 5.39. The molecule has 0 saturated carbocycles. The van der Waals surface area contributed by atoms with Gasteiger partial charge in [-0.15, -0.1) is 0 Å². The standard InChI is InChI=1S/C14H19ClN2O2/c1-3-19-13-5-4-10(8-12(13)15)17-14(18)11-6-7-16-9(11)2/h4-5,8-9,11,16H,3,6-7H2,1-2H3,(H,17,18). The van der Waals surface area contributed by atoms with E-state index in [-0.39, 0.29) is 17.9 Å². The number of nitrogens with one attached hydrogen (secondary N) is 2. The van der Waals surface area contributed by atoms with E-state index in [0.717, 1.165) is 13.0 Å². The van der Waals surface area contributed by atoms with Gasteiger partial charge in [-0.1, -0.05) is 11.6 Å². The fourth-order valence-electron chi connectivity index (χ4n) is 2.30. The summed E-state index contributed by atoms with van der Waals surface area (Å²) in [5.74, 6) is 0.695. The molecule has 1 amide bonds. The van der Waals surface area contributed by atoms with Crippen molar-refractivity contribution >= 4 is 23.2 Å². The molecule has 1 aliphatic heterocycles. The summed E-state index contributed by atoms with van der Waals surface area (Å²) in [4.78, 5) is 12.1. The van der Waals surface area contributed by atoms with Gasteiger partial charge in [0.1, 0.15) is 5.75 Å². The van der Waals surface area contributed by atoms with Crippen molar-refractivity contribution in [2.45, 2.75) is 26.3 Å². The van der Waals surface area contributed by atoms with Crippen LogP contribution >= 0.6 is 11.6 Å². The zero-order valence-corrected chi connectivity index (χ0v) is 12.0. The summed E-state index contributed by atoms with van der Waals surface area (Å²) in [6.07, 6.45) is 0.873. The number of halogens is 1. The average Bonchev–Trinajstić information content (AvgIpc) is 2.79. The number of anilines is 1. The van der Waals surface area contributed by atoms with Gasteiger partial charge in [0.25, 0.3) is 0 Å². The number of rotatable bonds is 4. The Morgan fingerprint density at radius 3 is 2.95 bits per heavy atom. The van der Waals surface area contributed by atoms with Gasteiger partial charge in [-0.2, -0.15) is 0 Å². The fraction of sp³-hybridized carbons (Fsp3) is 0.500. The van der Waals surface area contributed by atoms with E-state index in [1.54, 1.807) is 12.1 Å². The van der Waals surface area contributed by atoms with Crippen LogP contribution in [0.3, 0.4) is 0 Å². The van der Waals surface area contributed by atoms with Crippen LogP contribution in [0.15, 0.2) is 18.2 Å². The first kappa shape index (κ1) is 14.2. The Morgan fingerprint density at radius 1 is 1.58 bits per heavy atom. The SMILES string of the molecule is CCOc1ccc(NC(=O)C2CCNC2C)cc1Cl. The number of hydrogen-bond acceptors (Lipinski definition) is 3. The normalized spacial score (nSPS) is 22.3. The molecule has 4 nitrogen and oxygen atoms in total. The minimum Gasteiger partial charge on any atom is -0.492 e. The predicted molar refractivity (Wildman–Crippen MR) is 76.8 cm³/mol. The molecule has 0 bridgehead atoms. The van der Waals surface area contributed by atoms with E-state index in [1.807, 2.05) is 19.9 Å². The molecule has 0 spiro atoms. The summed E-state index contributed by atoms with van der Waals surface area (Å²) < 4.78 is 5.36. The number of benzene rings is 1. The maximum absolute atomic E-state index is 12.1. The molecule has 1 saturated heterocycles. The van der Waals surface area contributed by atoms with Crippen LogP contribution in [0.25, 0.3) is 0 Å². The summed E-state index contributed by atoms with van der Waals surface area (Å²) in [6, 6.07) is 5.52. The average molecular weight is 283 g/mol. The number of hydrogen-bond donors (Lipinski definition) is 2. The smallest absolute Gasteiger partial charge is 0.229 e. The summed E-state index contributed by atoms with van der Waals surface area (Å²) in [5, 5.41) is 6.68. The van der Waals surface area contributed by atoms with E-state index in [4.69, 9.17) is 16.3 Å². The second-order valence-corrected chi connectivity index (χ2v) is 5.11. The molecule has 1 aromatic carbocycles. The lowest BCUT2D eigenvalue weighted by atomic mass is 10.0. The molecular weight excluding hydrogens is 264 g/mol. The Hall–Kier alpha value is -1.26. The second-order valence-electron chi connectivity index (χ2n) is 4.71. The highest BCUT2D eigenvalue weighted by Gasteiger charge is 2.29. The van der Waals surface area contributed by atoms with Crippen molar-refractivity contribution in [3.8, 4) is 5.75 Å². The van der Waals surface area contributed by atoms with Crippen molar-refractivity contribution in [2.24, 2.45) is 5.92 Å². The number of amides is 1. The Bertz CT molecular complexity index is 465. The second kappa shape index (κ2) is 6.26. The molecule has 1 heterocycles.